The van der Waals surface area contributed by atoms with Crippen LogP contribution in [-0.4, -0.2) is 14.5 Å². The molecule has 4 rings (SSSR count). The first kappa shape index (κ1) is 18.9. The van der Waals surface area contributed by atoms with Crippen LogP contribution in [0.1, 0.15) is 22.9 Å². The molecule has 29 heavy (non-hydrogen) atoms. The Kier molecular flexibility index (Phi) is 4.89. The van der Waals surface area contributed by atoms with E-state index in [1.54, 1.807) is 37.5 Å². The first-order valence-electron chi connectivity index (χ1n) is 8.92. The van der Waals surface area contributed by atoms with Gasteiger partial charge in [0.15, 0.2) is 0 Å². The number of aromatic nitrogens is 3. The van der Waals surface area contributed by atoms with Gasteiger partial charge in [-0.2, -0.15) is 0 Å². The zero-order chi connectivity index (χ0) is 20.5. The Hall–Kier alpha value is -3.46. The van der Waals surface area contributed by atoms with E-state index in [0.717, 1.165) is 16.5 Å². The van der Waals surface area contributed by atoms with Crippen LogP contribution in [-0.2, 0) is 7.05 Å². The van der Waals surface area contributed by atoms with Crippen LogP contribution in [0.5, 0.6) is 0 Å². The number of fused-ring (bicyclic) bond motifs is 1. The molecule has 0 radical (unpaired) electrons. The Morgan fingerprint density at radius 1 is 1.14 bits per heavy atom. The Morgan fingerprint density at radius 2 is 1.90 bits per heavy atom. The fourth-order valence-electron chi connectivity index (χ4n) is 3.25. The summed E-state index contributed by atoms with van der Waals surface area (Å²) in [5.41, 5.74) is 10.3. The molecule has 0 fully saturated rings. The zero-order valence-electron chi connectivity index (χ0n) is 15.6. The van der Waals surface area contributed by atoms with Gasteiger partial charge in [0.1, 0.15) is 11.3 Å². The summed E-state index contributed by atoms with van der Waals surface area (Å²) < 4.78 is 1.50. The fourth-order valence-corrected chi connectivity index (χ4v) is 3.38. The Bertz CT molecular complexity index is 1320. The molecule has 0 aliphatic carbocycles. The molecular formula is C23H17ClN4O. The molecule has 6 heteroatoms. The van der Waals surface area contributed by atoms with E-state index in [0.29, 0.717) is 27.6 Å². The minimum atomic E-state index is -0.390. The summed E-state index contributed by atoms with van der Waals surface area (Å²) in [6, 6.07) is 15.9. The van der Waals surface area contributed by atoms with Gasteiger partial charge in [0.05, 0.1) is 11.7 Å². The maximum atomic E-state index is 12.5. The second-order valence-electron chi connectivity index (χ2n) is 6.68. The highest BCUT2D eigenvalue weighted by Gasteiger charge is 2.15. The van der Waals surface area contributed by atoms with Crippen LogP contribution in [0.25, 0.3) is 22.3 Å². The number of halogens is 1. The molecule has 1 unspecified atom stereocenters. The minimum Gasteiger partial charge on any atom is -0.320 e. The third-order valence-electron chi connectivity index (χ3n) is 4.86. The van der Waals surface area contributed by atoms with Crippen molar-refractivity contribution in [1.29, 1.82) is 0 Å². The van der Waals surface area contributed by atoms with Gasteiger partial charge in [-0.25, -0.2) is 9.97 Å². The topological polar surface area (TPSA) is 73.8 Å². The average Bonchev–Trinajstić information content (AvgIpc) is 2.76. The average molecular weight is 401 g/mol. The SMILES string of the molecule is C#Cc1cccc(-c2cc(=O)n(C)c3ncc(C(N)c4ccc(Cl)cc4)cc23)n1. The van der Waals surface area contributed by atoms with Crippen LogP contribution in [0.15, 0.2) is 65.6 Å². The molecule has 0 spiro atoms. The van der Waals surface area contributed by atoms with Crippen LogP contribution in [0, 0.1) is 12.3 Å². The van der Waals surface area contributed by atoms with Gasteiger partial charge in [0.2, 0.25) is 0 Å². The number of nitrogens with two attached hydrogens (primary N) is 1. The summed E-state index contributed by atoms with van der Waals surface area (Å²) in [4.78, 5) is 21.5. The highest BCUT2D eigenvalue weighted by atomic mass is 35.5. The molecule has 0 bridgehead atoms. The Labute approximate surface area is 172 Å². The highest BCUT2D eigenvalue weighted by Crippen LogP contribution is 2.29. The van der Waals surface area contributed by atoms with Crippen molar-refractivity contribution in [2.45, 2.75) is 6.04 Å². The third-order valence-corrected chi connectivity index (χ3v) is 5.11. The molecule has 0 saturated carbocycles. The largest absolute Gasteiger partial charge is 0.320 e. The monoisotopic (exact) mass is 400 g/mol. The normalized spacial score (nSPS) is 11.9. The quantitative estimate of drug-likeness (QED) is 0.532. The van der Waals surface area contributed by atoms with Gasteiger partial charge in [0.25, 0.3) is 5.56 Å². The maximum absolute atomic E-state index is 12.5. The van der Waals surface area contributed by atoms with Crippen molar-refractivity contribution < 1.29 is 0 Å². The summed E-state index contributed by atoms with van der Waals surface area (Å²) in [5.74, 6) is 2.53. The fraction of sp³-hybridized carbons (Fsp3) is 0.0870. The lowest BCUT2D eigenvalue weighted by atomic mass is 9.98. The van der Waals surface area contributed by atoms with Crippen LogP contribution in [0.2, 0.25) is 5.02 Å². The van der Waals surface area contributed by atoms with Crippen molar-refractivity contribution in [3.63, 3.8) is 0 Å². The summed E-state index contributed by atoms with van der Waals surface area (Å²) >= 11 is 5.98. The van der Waals surface area contributed by atoms with Gasteiger partial charge >= 0.3 is 0 Å². The van der Waals surface area contributed by atoms with Crippen LogP contribution in [0.4, 0.5) is 0 Å². The van der Waals surface area contributed by atoms with E-state index in [-0.39, 0.29) is 11.6 Å². The summed E-state index contributed by atoms with van der Waals surface area (Å²) in [7, 11) is 1.69. The van der Waals surface area contributed by atoms with E-state index in [2.05, 4.69) is 15.9 Å². The summed E-state index contributed by atoms with van der Waals surface area (Å²) in [6.45, 7) is 0. The van der Waals surface area contributed by atoms with Gasteiger partial charge in [-0.3, -0.25) is 9.36 Å². The Morgan fingerprint density at radius 3 is 2.62 bits per heavy atom. The van der Waals surface area contributed by atoms with E-state index in [9.17, 15) is 4.79 Å². The molecule has 0 aliphatic rings. The van der Waals surface area contributed by atoms with Crippen molar-refractivity contribution in [2.24, 2.45) is 12.8 Å². The van der Waals surface area contributed by atoms with E-state index >= 15 is 0 Å². The third kappa shape index (κ3) is 3.52. The second-order valence-corrected chi connectivity index (χ2v) is 7.11. The molecule has 142 valence electrons. The molecule has 3 aromatic heterocycles. The number of benzene rings is 1. The van der Waals surface area contributed by atoms with E-state index < -0.39 is 0 Å². The van der Waals surface area contributed by atoms with E-state index in [4.69, 9.17) is 23.8 Å². The molecule has 0 aliphatic heterocycles. The lowest BCUT2D eigenvalue weighted by Gasteiger charge is -2.15. The smallest absolute Gasteiger partial charge is 0.252 e. The molecule has 1 aromatic carbocycles. The summed E-state index contributed by atoms with van der Waals surface area (Å²) in [5, 5.41) is 1.42. The predicted molar refractivity (Wildman–Crippen MR) is 116 cm³/mol. The van der Waals surface area contributed by atoms with Crippen molar-refractivity contribution in [2.75, 3.05) is 0 Å². The molecular weight excluding hydrogens is 384 g/mol. The van der Waals surface area contributed by atoms with E-state index in [1.807, 2.05) is 30.3 Å². The molecule has 0 saturated heterocycles. The van der Waals surface area contributed by atoms with Crippen LogP contribution in [0.3, 0.4) is 0 Å². The number of terminal acetylenes is 1. The minimum absolute atomic E-state index is 0.178. The van der Waals surface area contributed by atoms with Crippen LogP contribution >= 0.6 is 11.6 Å². The molecule has 3 heterocycles. The van der Waals surface area contributed by atoms with Gasteiger partial charge in [0, 0.05) is 35.3 Å². The first-order valence-corrected chi connectivity index (χ1v) is 9.30. The standard InChI is InChI=1S/C23H17ClN4O/c1-3-17-5-4-6-20(27-17)18-12-21(29)28(2)23-19(18)11-15(13-26-23)22(25)14-7-9-16(24)10-8-14/h1,4-13,22H,25H2,2H3. The number of pyridine rings is 3. The number of aryl methyl sites for hydroxylation is 1. The van der Waals surface area contributed by atoms with Gasteiger partial charge in [-0.15, -0.1) is 6.42 Å². The number of rotatable bonds is 3. The number of nitrogens with zero attached hydrogens (tertiary/aromatic N) is 3. The zero-order valence-corrected chi connectivity index (χ0v) is 16.4. The molecule has 1 atom stereocenters. The second kappa shape index (κ2) is 7.51. The highest BCUT2D eigenvalue weighted by molar-refractivity contribution is 6.30. The molecule has 5 nitrogen and oxygen atoms in total. The molecule has 0 amide bonds. The first-order chi connectivity index (χ1) is 14.0. The van der Waals surface area contributed by atoms with Crippen molar-refractivity contribution >= 4 is 22.6 Å². The van der Waals surface area contributed by atoms with Gasteiger partial charge in [-0.05, 0) is 41.5 Å². The van der Waals surface area contributed by atoms with Gasteiger partial charge in [-0.1, -0.05) is 35.7 Å². The molecule has 2 N–H and O–H groups in total. The molecule has 4 aromatic rings. The van der Waals surface area contributed by atoms with Crippen molar-refractivity contribution in [3.8, 4) is 23.6 Å². The lowest BCUT2D eigenvalue weighted by Crippen LogP contribution is -2.18. The van der Waals surface area contributed by atoms with Crippen molar-refractivity contribution in [3.05, 3.63) is 93.0 Å². The van der Waals surface area contributed by atoms with Gasteiger partial charge < -0.3 is 5.73 Å². The van der Waals surface area contributed by atoms with Crippen molar-refractivity contribution in [1.82, 2.24) is 14.5 Å². The number of hydrogen-bond acceptors (Lipinski definition) is 4. The lowest BCUT2D eigenvalue weighted by molar-refractivity contribution is 0.854. The Balaban J connectivity index is 1.93. The van der Waals surface area contributed by atoms with Crippen LogP contribution < -0.4 is 11.3 Å². The maximum Gasteiger partial charge on any atom is 0.252 e. The van der Waals surface area contributed by atoms with E-state index in [1.165, 1.54) is 4.57 Å². The summed E-state index contributed by atoms with van der Waals surface area (Å²) in [6.07, 6.45) is 7.18. The number of hydrogen-bond donors (Lipinski definition) is 1. The predicted octanol–water partition coefficient (Wildman–Crippen LogP) is 3.68.